The monoisotopic (exact) mass is 412 g/mol. The molecule has 0 saturated heterocycles. The molecule has 0 aliphatic carbocycles. The number of anilines is 1. The van der Waals surface area contributed by atoms with Gasteiger partial charge in [0.1, 0.15) is 11.9 Å². The third-order valence-electron chi connectivity index (χ3n) is 4.52. The number of nitrogens with zero attached hydrogens (tertiary/aromatic N) is 3. The van der Waals surface area contributed by atoms with Crippen molar-refractivity contribution in [2.24, 2.45) is 9.98 Å². The Labute approximate surface area is 171 Å². The van der Waals surface area contributed by atoms with Crippen molar-refractivity contribution in [2.45, 2.75) is 25.1 Å². The van der Waals surface area contributed by atoms with E-state index < -0.39 is 11.3 Å². The minimum Gasteiger partial charge on any atom is -0.325 e. The molecule has 2 aliphatic rings. The first-order valence-electron chi connectivity index (χ1n) is 8.77. The molecule has 8 heteroatoms. The van der Waals surface area contributed by atoms with Crippen LogP contribution in [0, 0.1) is 0 Å². The minimum absolute atomic E-state index is 0.162. The molecule has 2 atom stereocenters. The summed E-state index contributed by atoms with van der Waals surface area (Å²) in [5.74, 6) is 0.222. The van der Waals surface area contributed by atoms with E-state index in [2.05, 4.69) is 15.3 Å². The number of nitrogens with one attached hydrogen (secondary N) is 1. The molecule has 0 radical (unpaired) electrons. The molecule has 2 aliphatic heterocycles. The number of halogens is 1. The Morgan fingerprint density at radius 2 is 1.89 bits per heavy atom. The Bertz CT molecular complexity index is 1020. The Morgan fingerprint density at radius 3 is 2.64 bits per heavy atom. The van der Waals surface area contributed by atoms with E-state index in [1.165, 1.54) is 11.8 Å². The summed E-state index contributed by atoms with van der Waals surface area (Å²) < 4.78 is 0. The molecule has 2 unspecified atom stereocenters. The van der Waals surface area contributed by atoms with Crippen LogP contribution in [0.25, 0.3) is 0 Å². The Morgan fingerprint density at radius 1 is 1.18 bits per heavy atom. The van der Waals surface area contributed by atoms with Gasteiger partial charge in [-0.25, -0.2) is 4.99 Å². The summed E-state index contributed by atoms with van der Waals surface area (Å²) in [5.41, 5.74) is 2.24. The fourth-order valence-corrected chi connectivity index (χ4v) is 4.10. The smallest absolute Gasteiger partial charge is 0.270 e. The van der Waals surface area contributed by atoms with Gasteiger partial charge in [0.15, 0.2) is 5.17 Å². The van der Waals surface area contributed by atoms with Gasteiger partial charge in [-0.3, -0.25) is 14.5 Å². The maximum absolute atomic E-state index is 12.6. The summed E-state index contributed by atoms with van der Waals surface area (Å²) >= 11 is 7.18. The van der Waals surface area contributed by atoms with E-state index in [-0.39, 0.29) is 11.8 Å². The van der Waals surface area contributed by atoms with Gasteiger partial charge < -0.3 is 5.32 Å². The van der Waals surface area contributed by atoms with E-state index in [0.29, 0.717) is 21.7 Å². The number of hydrogen-bond acceptors (Lipinski definition) is 5. The average molecular weight is 413 g/mol. The quantitative estimate of drug-likeness (QED) is 0.824. The van der Waals surface area contributed by atoms with Crippen molar-refractivity contribution in [2.75, 3.05) is 5.32 Å². The van der Waals surface area contributed by atoms with Crippen LogP contribution in [0.4, 0.5) is 11.4 Å². The molecule has 0 spiro atoms. The molecule has 28 heavy (non-hydrogen) atoms. The Balaban J connectivity index is 1.57. The van der Waals surface area contributed by atoms with Crippen molar-refractivity contribution >= 4 is 57.6 Å². The van der Waals surface area contributed by atoms with E-state index in [0.717, 1.165) is 11.3 Å². The zero-order valence-electron chi connectivity index (χ0n) is 15.2. The van der Waals surface area contributed by atoms with Gasteiger partial charge in [0.2, 0.25) is 5.91 Å². The van der Waals surface area contributed by atoms with E-state index in [9.17, 15) is 9.59 Å². The zero-order valence-corrected chi connectivity index (χ0v) is 16.8. The molecule has 0 fully saturated rings. The van der Waals surface area contributed by atoms with Crippen molar-refractivity contribution in [3.8, 4) is 0 Å². The van der Waals surface area contributed by atoms with Crippen molar-refractivity contribution in [1.29, 1.82) is 0 Å². The molecule has 142 valence electrons. The number of fused-ring (bicyclic) bond motifs is 3. The van der Waals surface area contributed by atoms with Gasteiger partial charge in [-0.15, -0.1) is 0 Å². The van der Waals surface area contributed by atoms with Crippen LogP contribution in [-0.2, 0) is 9.59 Å². The lowest BCUT2D eigenvalue weighted by Crippen LogP contribution is -2.43. The van der Waals surface area contributed by atoms with E-state index in [4.69, 9.17) is 11.6 Å². The van der Waals surface area contributed by atoms with Gasteiger partial charge >= 0.3 is 0 Å². The number of hydrogen-bond donors (Lipinski definition) is 1. The number of para-hydroxylation sites is 1. The first-order valence-corrected chi connectivity index (χ1v) is 10.0. The van der Waals surface area contributed by atoms with E-state index >= 15 is 0 Å². The lowest BCUT2D eigenvalue weighted by molar-refractivity contribution is -0.119. The number of thioether (sulfide) groups is 1. The van der Waals surface area contributed by atoms with Gasteiger partial charge in [0.25, 0.3) is 5.91 Å². The SMILES string of the molecule is CC(SC1=Nc2ccccc2C2=NC(=O)C(C)N12)C(=O)Nc1ccc(Cl)cc1. The number of rotatable bonds is 3. The first-order chi connectivity index (χ1) is 13.4. The van der Waals surface area contributed by atoms with Crippen molar-refractivity contribution < 1.29 is 9.59 Å². The molecule has 0 aromatic heterocycles. The molecule has 0 saturated carbocycles. The normalized spacial score (nSPS) is 18.8. The molecule has 2 amide bonds. The van der Waals surface area contributed by atoms with Gasteiger partial charge in [0.05, 0.1) is 10.9 Å². The second kappa shape index (κ2) is 7.41. The maximum atomic E-state index is 12.6. The van der Waals surface area contributed by atoms with Gasteiger partial charge in [0, 0.05) is 16.3 Å². The highest BCUT2D eigenvalue weighted by Gasteiger charge is 2.40. The predicted molar refractivity (Wildman–Crippen MR) is 114 cm³/mol. The predicted octanol–water partition coefficient (Wildman–Crippen LogP) is 4.08. The van der Waals surface area contributed by atoms with E-state index in [1.54, 1.807) is 43.0 Å². The second-order valence-corrected chi connectivity index (χ2v) is 8.23. The molecule has 2 aromatic rings. The molecular formula is C20H17ClN4O2S. The van der Waals surface area contributed by atoms with Crippen LogP contribution in [0.15, 0.2) is 58.5 Å². The van der Waals surface area contributed by atoms with Gasteiger partial charge in [-0.05, 0) is 50.2 Å². The number of benzene rings is 2. The number of carbonyl (C=O) groups is 2. The highest BCUT2D eigenvalue weighted by molar-refractivity contribution is 8.14. The highest BCUT2D eigenvalue weighted by atomic mass is 35.5. The fraction of sp³-hybridized carbons (Fsp3) is 0.200. The molecule has 4 rings (SSSR count). The molecular weight excluding hydrogens is 396 g/mol. The third-order valence-corrected chi connectivity index (χ3v) is 5.84. The largest absolute Gasteiger partial charge is 0.325 e. The molecule has 6 nitrogen and oxygen atoms in total. The lowest BCUT2D eigenvalue weighted by Gasteiger charge is -2.30. The lowest BCUT2D eigenvalue weighted by atomic mass is 10.1. The summed E-state index contributed by atoms with van der Waals surface area (Å²) in [5, 5.41) is 3.64. The van der Waals surface area contributed by atoms with Gasteiger partial charge in [-0.1, -0.05) is 35.5 Å². The van der Waals surface area contributed by atoms with Crippen molar-refractivity contribution in [3.63, 3.8) is 0 Å². The van der Waals surface area contributed by atoms with Crippen LogP contribution in [-0.4, -0.2) is 39.0 Å². The summed E-state index contributed by atoms with van der Waals surface area (Å²) in [6, 6.07) is 14.0. The fourth-order valence-electron chi connectivity index (χ4n) is 2.98. The second-order valence-electron chi connectivity index (χ2n) is 6.49. The summed E-state index contributed by atoms with van der Waals surface area (Å²) in [4.78, 5) is 35.5. The molecule has 1 N–H and O–H groups in total. The maximum Gasteiger partial charge on any atom is 0.270 e. The summed E-state index contributed by atoms with van der Waals surface area (Å²) in [7, 11) is 0. The van der Waals surface area contributed by atoms with Crippen LogP contribution < -0.4 is 5.32 Å². The molecule has 2 heterocycles. The summed E-state index contributed by atoms with van der Waals surface area (Å²) in [6.07, 6.45) is 0. The Hall–Kier alpha value is -2.64. The van der Waals surface area contributed by atoms with Crippen LogP contribution in [0.3, 0.4) is 0 Å². The zero-order chi connectivity index (χ0) is 19.8. The molecule has 0 bridgehead atoms. The van der Waals surface area contributed by atoms with E-state index in [1.807, 2.05) is 24.3 Å². The van der Waals surface area contributed by atoms with Crippen molar-refractivity contribution in [1.82, 2.24) is 4.90 Å². The van der Waals surface area contributed by atoms with Crippen LogP contribution in [0.2, 0.25) is 5.02 Å². The van der Waals surface area contributed by atoms with Crippen LogP contribution in [0.5, 0.6) is 0 Å². The number of carbonyl (C=O) groups excluding carboxylic acids is 2. The topological polar surface area (TPSA) is 74.1 Å². The first kappa shape index (κ1) is 18.7. The number of amidine groups is 2. The number of amides is 2. The van der Waals surface area contributed by atoms with Crippen LogP contribution in [0.1, 0.15) is 19.4 Å². The Kier molecular flexibility index (Phi) is 4.95. The van der Waals surface area contributed by atoms with Crippen LogP contribution >= 0.6 is 23.4 Å². The average Bonchev–Trinajstić information content (AvgIpc) is 2.99. The summed E-state index contributed by atoms with van der Waals surface area (Å²) in [6.45, 7) is 3.60. The number of aliphatic imine (C=N–C) groups is 2. The van der Waals surface area contributed by atoms with Crippen molar-refractivity contribution in [3.05, 3.63) is 59.1 Å². The third kappa shape index (κ3) is 3.43. The molecule has 2 aromatic carbocycles. The standard InChI is InChI=1S/C20H17ClN4O2S/c1-11-18(26)24-17-15-5-3-4-6-16(15)23-20(25(11)17)28-12(2)19(27)22-14-9-7-13(21)8-10-14/h3-12H,1-2H3,(H,22,27). The highest BCUT2D eigenvalue weighted by Crippen LogP contribution is 2.35. The van der Waals surface area contributed by atoms with Gasteiger partial charge in [-0.2, -0.15) is 4.99 Å². The minimum atomic E-state index is -0.443.